The zero-order valence-electron chi connectivity index (χ0n) is 11.3. The number of carboxylic acid groups (broad SMARTS) is 1. The maximum Gasteiger partial charge on any atom is 0.335 e. The van der Waals surface area contributed by atoms with Crippen molar-refractivity contribution in [2.45, 2.75) is 6.54 Å². The van der Waals surface area contributed by atoms with Crippen molar-refractivity contribution in [3.05, 3.63) is 35.4 Å². The fourth-order valence-electron chi connectivity index (χ4n) is 2.14. The number of hydrogen-bond acceptors (Lipinski definition) is 4. The number of benzene rings is 1. The second-order valence-corrected chi connectivity index (χ2v) is 4.81. The van der Waals surface area contributed by atoms with Gasteiger partial charge in [-0.3, -0.25) is 9.69 Å². The highest BCUT2D eigenvalue weighted by atomic mass is 16.4. The molecule has 1 aliphatic rings. The summed E-state index contributed by atoms with van der Waals surface area (Å²) in [5.41, 5.74) is 1.03. The molecule has 0 aliphatic carbocycles. The van der Waals surface area contributed by atoms with Crippen LogP contribution in [0.2, 0.25) is 0 Å². The Morgan fingerprint density at radius 2 is 2.05 bits per heavy atom. The molecule has 2 rings (SSSR count). The SMILES string of the molecule is O=C(CN1CCNCC1)NCc1cccc(C(=O)O)c1. The molecule has 0 bridgehead atoms. The average molecular weight is 277 g/mol. The first-order valence-electron chi connectivity index (χ1n) is 6.67. The molecule has 0 atom stereocenters. The lowest BCUT2D eigenvalue weighted by Gasteiger charge is -2.26. The molecule has 1 heterocycles. The Kier molecular flexibility index (Phi) is 5.09. The number of carboxylic acids is 1. The monoisotopic (exact) mass is 277 g/mol. The van der Waals surface area contributed by atoms with Gasteiger partial charge in [-0.05, 0) is 17.7 Å². The Bertz CT molecular complexity index is 484. The van der Waals surface area contributed by atoms with Crippen LogP contribution in [0.3, 0.4) is 0 Å². The molecule has 1 fully saturated rings. The fraction of sp³-hybridized carbons (Fsp3) is 0.429. The molecule has 1 aromatic carbocycles. The van der Waals surface area contributed by atoms with Gasteiger partial charge in [-0.15, -0.1) is 0 Å². The Balaban J connectivity index is 1.80. The summed E-state index contributed by atoms with van der Waals surface area (Å²) in [5.74, 6) is -0.994. The lowest BCUT2D eigenvalue weighted by Crippen LogP contribution is -2.47. The smallest absolute Gasteiger partial charge is 0.335 e. The number of nitrogens with zero attached hydrogens (tertiary/aromatic N) is 1. The van der Waals surface area contributed by atoms with Crippen molar-refractivity contribution in [3.63, 3.8) is 0 Å². The van der Waals surface area contributed by atoms with E-state index in [4.69, 9.17) is 5.11 Å². The molecule has 0 spiro atoms. The molecule has 1 aromatic rings. The number of carbonyl (C=O) groups excluding carboxylic acids is 1. The Morgan fingerprint density at radius 1 is 1.30 bits per heavy atom. The second-order valence-electron chi connectivity index (χ2n) is 4.81. The molecule has 6 nitrogen and oxygen atoms in total. The van der Waals surface area contributed by atoms with Crippen molar-refractivity contribution in [2.24, 2.45) is 0 Å². The largest absolute Gasteiger partial charge is 0.478 e. The number of piperazine rings is 1. The van der Waals surface area contributed by atoms with E-state index in [1.165, 1.54) is 6.07 Å². The molecular formula is C14H19N3O3. The topological polar surface area (TPSA) is 81.7 Å². The van der Waals surface area contributed by atoms with Crippen LogP contribution in [0.5, 0.6) is 0 Å². The number of carbonyl (C=O) groups is 2. The van der Waals surface area contributed by atoms with E-state index in [1.54, 1.807) is 18.2 Å². The van der Waals surface area contributed by atoms with Crippen LogP contribution in [0.1, 0.15) is 15.9 Å². The van der Waals surface area contributed by atoms with Gasteiger partial charge in [0.2, 0.25) is 5.91 Å². The highest BCUT2D eigenvalue weighted by molar-refractivity contribution is 5.87. The molecular weight excluding hydrogens is 258 g/mol. The third-order valence-electron chi connectivity index (χ3n) is 3.24. The first-order chi connectivity index (χ1) is 9.65. The van der Waals surface area contributed by atoms with Gasteiger partial charge in [-0.2, -0.15) is 0 Å². The first kappa shape index (κ1) is 14.5. The van der Waals surface area contributed by atoms with Gasteiger partial charge in [0.15, 0.2) is 0 Å². The quantitative estimate of drug-likeness (QED) is 0.700. The van der Waals surface area contributed by atoms with Crippen LogP contribution in [-0.2, 0) is 11.3 Å². The molecule has 0 radical (unpaired) electrons. The molecule has 0 aromatic heterocycles. The minimum absolute atomic E-state index is 0.0346. The van der Waals surface area contributed by atoms with Crippen molar-refractivity contribution in [2.75, 3.05) is 32.7 Å². The molecule has 1 amide bonds. The van der Waals surface area contributed by atoms with E-state index in [9.17, 15) is 9.59 Å². The molecule has 20 heavy (non-hydrogen) atoms. The van der Waals surface area contributed by atoms with Crippen LogP contribution in [0.4, 0.5) is 0 Å². The van der Waals surface area contributed by atoms with Crippen LogP contribution >= 0.6 is 0 Å². The zero-order chi connectivity index (χ0) is 14.4. The van der Waals surface area contributed by atoms with Crippen molar-refractivity contribution in [1.29, 1.82) is 0 Å². The van der Waals surface area contributed by atoms with Crippen LogP contribution in [-0.4, -0.2) is 54.6 Å². The van der Waals surface area contributed by atoms with E-state index in [1.807, 2.05) is 0 Å². The van der Waals surface area contributed by atoms with Crippen molar-refractivity contribution in [3.8, 4) is 0 Å². The van der Waals surface area contributed by atoms with Gasteiger partial charge in [0.25, 0.3) is 0 Å². The average Bonchev–Trinajstić information content (AvgIpc) is 2.46. The maximum absolute atomic E-state index is 11.8. The minimum Gasteiger partial charge on any atom is -0.478 e. The number of aromatic carboxylic acids is 1. The Labute approximate surface area is 117 Å². The van der Waals surface area contributed by atoms with Gasteiger partial charge in [0.1, 0.15) is 0 Å². The van der Waals surface area contributed by atoms with E-state index in [-0.39, 0.29) is 11.5 Å². The summed E-state index contributed by atoms with van der Waals surface area (Å²) in [4.78, 5) is 24.8. The van der Waals surface area contributed by atoms with Crippen molar-refractivity contribution in [1.82, 2.24) is 15.5 Å². The van der Waals surface area contributed by atoms with E-state index in [2.05, 4.69) is 15.5 Å². The van der Waals surface area contributed by atoms with Crippen LogP contribution in [0.15, 0.2) is 24.3 Å². The zero-order valence-corrected chi connectivity index (χ0v) is 11.3. The van der Waals surface area contributed by atoms with Gasteiger partial charge in [-0.1, -0.05) is 12.1 Å². The molecule has 3 N–H and O–H groups in total. The Hall–Kier alpha value is -1.92. The second kappa shape index (κ2) is 7.02. The van der Waals surface area contributed by atoms with E-state index >= 15 is 0 Å². The van der Waals surface area contributed by atoms with Crippen LogP contribution < -0.4 is 10.6 Å². The highest BCUT2D eigenvalue weighted by Gasteiger charge is 2.13. The van der Waals surface area contributed by atoms with Crippen molar-refractivity contribution < 1.29 is 14.7 Å². The predicted molar refractivity (Wildman–Crippen MR) is 74.6 cm³/mol. The molecule has 6 heteroatoms. The predicted octanol–water partition coefficient (Wildman–Crippen LogP) is -0.0938. The molecule has 1 aliphatic heterocycles. The maximum atomic E-state index is 11.8. The van der Waals surface area contributed by atoms with Crippen molar-refractivity contribution >= 4 is 11.9 Å². The van der Waals surface area contributed by atoms with E-state index < -0.39 is 5.97 Å². The summed E-state index contributed by atoms with van der Waals surface area (Å²) in [5, 5.41) is 15.0. The van der Waals surface area contributed by atoms with E-state index in [0.717, 1.165) is 31.7 Å². The molecule has 0 saturated carbocycles. The summed E-state index contributed by atoms with van der Waals surface area (Å²) >= 11 is 0. The molecule has 1 saturated heterocycles. The van der Waals surface area contributed by atoms with E-state index in [0.29, 0.717) is 13.1 Å². The summed E-state index contributed by atoms with van der Waals surface area (Å²) in [6.07, 6.45) is 0. The van der Waals surface area contributed by atoms with Gasteiger partial charge < -0.3 is 15.7 Å². The molecule has 0 unspecified atom stereocenters. The number of nitrogens with one attached hydrogen (secondary N) is 2. The fourth-order valence-corrected chi connectivity index (χ4v) is 2.14. The number of hydrogen-bond donors (Lipinski definition) is 3. The summed E-state index contributed by atoms with van der Waals surface area (Å²) in [7, 11) is 0. The van der Waals surface area contributed by atoms with Gasteiger partial charge in [0.05, 0.1) is 12.1 Å². The van der Waals surface area contributed by atoms with Gasteiger partial charge >= 0.3 is 5.97 Å². The summed E-state index contributed by atoms with van der Waals surface area (Å²) < 4.78 is 0. The Morgan fingerprint density at radius 3 is 2.75 bits per heavy atom. The highest BCUT2D eigenvalue weighted by Crippen LogP contribution is 2.05. The lowest BCUT2D eigenvalue weighted by atomic mass is 10.1. The van der Waals surface area contributed by atoms with Gasteiger partial charge in [0, 0.05) is 32.7 Å². The number of rotatable bonds is 5. The third-order valence-corrected chi connectivity index (χ3v) is 3.24. The van der Waals surface area contributed by atoms with Gasteiger partial charge in [-0.25, -0.2) is 4.79 Å². The third kappa shape index (κ3) is 4.32. The summed E-state index contributed by atoms with van der Waals surface area (Å²) in [6, 6.07) is 6.60. The lowest BCUT2D eigenvalue weighted by molar-refractivity contribution is -0.122. The summed E-state index contributed by atoms with van der Waals surface area (Å²) in [6.45, 7) is 4.32. The van der Waals surface area contributed by atoms with Crippen LogP contribution in [0.25, 0.3) is 0 Å². The molecule has 108 valence electrons. The minimum atomic E-state index is -0.959. The first-order valence-corrected chi connectivity index (χ1v) is 6.67. The number of amides is 1. The standard InChI is InChI=1S/C14H19N3O3/c18-13(10-17-6-4-15-5-7-17)16-9-11-2-1-3-12(8-11)14(19)20/h1-3,8,15H,4-7,9-10H2,(H,16,18)(H,19,20). The van der Waals surface area contributed by atoms with Crippen LogP contribution in [0, 0.1) is 0 Å². The normalized spacial score (nSPS) is 15.8.